The summed E-state index contributed by atoms with van der Waals surface area (Å²) in [5.41, 5.74) is 0. The van der Waals surface area contributed by atoms with Gasteiger partial charge in [0.25, 0.3) is 0 Å². The summed E-state index contributed by atoms with van der Waals surface area (Å²) in [4.78, 5) is 3.88. The van der Waals surface area contributed by atoms with Gasteiger partial charge in [0.2, 0.25) is 6.33 Å². The maximum absolute atomic E-state index is 3.88. The van der Waals surface area contributed by atoms with E-state index in [0.717, 1.165) is 6.54 Å². The van der Waals surface area contributed by atoms with Crippen LogP contribution in [-0.4, -0.2) is 10.1 Å². The number of rotatable bonds is 3. The number of hydrogen-bond acceptors (Lipinski definition) is 1. The number of aromatic amines is 1. The van der Waals surface area contributed by atoms with Crippen molar-refractivity contribution >= 4 is 0 Å². The normalized spacial score (nSPS) is 9.89. The molecule has 1 rings (SSSR count). The van der Waals surface area contributed by atoms with Gasteiger partial charge in [-0.1, -0.05) is 13.3 Å². The maximum atomic E-state index is 3.88. The van der Waals surface area contributed by atoms with Gasteiger partial charge in [0.05, 0.1) is 0 Å². The Morgan fingerprint density at radius 1 is 1.67 bits per heavy atom. The summed E-state index contributed by atoms with van der Waals surface area (Å²) >= 11 is 0. The molecule has 0 aliphatic rings. The Kier molecular flexibility index (Phi) is 2.24. The van der Waals surface area contributed by atoms with Crippen molar-refractivity contribution in [3.05, 3.63) is 12.7 Å². The summed E-state index contributed by atoms with van der Waals surface area (Å²) in [5, 5.41) is 2.98. The second kappa shape index (κ2) is 3.22. The van der Waals surface area contributed by atoms with E-state index in [1.807, 2.05) is 4.68 Å². The summed E-state index contributed by atoms with van der Waals surface area (Å²) in [6, 6.07) is 0. The molecule has 0 spiro atoms. The van der Waals surface area contributed by atoms with E-state index in [1.165, 1.54) is 12.8 Å². The van der Waals surface area contributed by atoms with Crippen molar-refractivity contribution in [3.8, 4) is 0 Å². The summed E-state index contributed by atoms with van der Waals surface area (Å²) in [6.07, 6.45) is 5.93. The standard InChI is InChI=1S/C6H11N3/c1-2-3-4-9-6-7-5-8-9/h5-6H,2-4H2,1H3/p+1. The van der Waals surface area contributed by atoms with Crippen LogP contribution in [-0.2, 0) is 6.54 Å². The molecular weight excluding hydrogens is 114 g/mol. The Hall–Kier alpha value is -0.860. The number of nitrogens with one attached hydrogen (secondary N) is 1. The SMILES string of the molecule is CCCC[n+]1cnc[nH]1. The van der Waals surface area contributed by atoms with E-state index in [-0.39, 0.29) is 0 Å². The second-order valence-electron chi connectivity index (χ2n) is 2.07. The first-order valence-electron chi connectivity index (χ1n) is 3.31. The van der Waals surface area contributed by atoms with Gasteiger partial charge in [-0.25, -0.2) is 0 Å². The number of aryl methyl sites for hydroxylation is 1. The fourth-order valence-electron chi connectivity index (χ4n) is 0.705. The number of nitrogens with zero attached hydrogens (tertiary/aromatic N) is 2. The third kappa shape index (κ3) is 1.83. The monoisotopic (exact) mass is 126 g/mol. The van der Waals surface area contributed by atoms with Crippen LogP contribution in [0, 0.1) is 0 Å². The number of hydrogen-bond donors (Lipinski definition) is 1. The fourth-order valence-corrected chi connectivity index (χ4v) is 0.705. The van der Waals surface area contributed by atoms with Crippen molar-refractivity contribution in [3.63, 3.8) is 0 Å². The molecule has 9 heavy (non-hydrogen) atoms. The van der Waals surface area contributed by atoms with Gasteiger partial charge in [-0.2, -0.15) is 9.78 Å². The highest BCUT2D eigenvalue weighted by Crippen LogP contribution is 1.82. The van der Waals surface area contributed by atoms with Crippen LogP contribution in [0.25, 0.3) is 0 Å². The van der Waals surface area contributed by atoms with E-state index in [1.54, 1.807) is 12.7 Å². The predicted molar refractivity (Wildman–Crippen MR) is 33.7 cm³/mol. The van der Waals surface area contributed by atoms with Gasteiger partial charge in [0.15, 0.2) is 0 Å². The summed E-state index contributed by atoms with van der Waals surface area (Å²) in [5.74, 6) is 0. The van der Waals surface area contributed by atoms with Crippen LogP contribution in [0.5, 0.6) is 0 Å². The van der Waals surface area contributed by atoms with E-state index in [4.69, 9.17) is 0 Å². The molecule has 0 unspecified atom stereocenters. The molecule has 0 aliphatic heterocycles. The molecule has 1 N–H and O–H groups in total. The third-order valence-electron chi connectivity index (χ3n) is 1.26. The van der Waals surface area contributed by atoms with E-state index < -0.39 is 0 Å². The van der Waals surface area contributed by atoms with Crippen LogP contribution in [0.2, 0.25) is 0 Å². The minimum atomic E-state index is 1.05. The zero-order valence-corrected chi connectivity index (χ0v) is 5.67. The van der Waals surface area contributed by atoms with Gasteiger partial charge in [-0.15, -0.1) is 0 Å². The Morgan fingerprint density at radius 2 is 2.56 bits per heavy atom. The lowest BCUT2D eigenvalue weighted by atomic mass is 10.3. The first kappa shape index (κ1) is 6.26. The lowest BCUT2D eigenvalue weighted by Gasteiger charge is -1.88. The molecule has 3 heteroatoms. The van der Waals surface area contributed by atoms with Gasteiger partial charge >= 0.3 is 6.33 Å². The van der Waals surface area contributed by atoms with Crippen molar-refractivity contribution in [1.29, 1.82) is 0 Å². The minimum absolute atomic E-state index is 1.05. The van der Waals surface area contributed by atoms with Crippen LogP contribution in [0.15, 0.2) is 12.7 Å². The molecule has 0 amide bonds. The van der Waals surface area contributed by atoms with Crippen LogP contribution in [0.1, 0.15) is 19.8 Å². The molecule has 1 aromatic rings. The number of aromatic nitrogens is 3. The average molecular weight is 126 g/mol. The quantitative estimate of drug-likeness (QED) is 0.588. The molecule has 0 atom stereocenters. The highest BCUT2D eigenvalue weighted by Gasteiger charge is 1.94. The van der Waals surface area contributed by atoms with Crippen LogP contribution < -0.4 is 4.68 Å². The molecule has 0 radical (unpaired) electrons. The smallest absolute Gasteiger partial charge is 0.194 e. The van der Waals surface area contributed by atoms with Crippen LogP contribution in [0.3, 0.4) is 0 Å². The Bertz CT molecular complexity index is 145. The first-order chi connectivity index (χ1) is 4.43. The van der Waals surface area contributed by atoms with Crippen molar-refractivity contribution in [2.75, 3.05) is 0 Å². The molecule has 1 aromatic heterocycles. The number of H-pyrrole nitrogens is 1. The predicted octanol–water partition coefficient (Wildman–Crippen LogP) is 0.497. The van der Waals surface area contributed by atoms with Crippen LogP contribution >= 0.6 is 0 Å². The largest absolute Gasteiger partial charge is 0.306 e. The molecule has 3 nitrogen and oxygen atoms in total. The van der Waals surface area contributed by atoms with Crippen molar-refractivity contribution in [1.82, 2.24) is 10.1 Å². The first-order valence-corrected chi connectivity index (χ1v) is 3.31. The second-order valence-corrected chi connectivity index (χ2v) is 2.07. The van der Waals surface area contributed by atoms with Crippen molar-refractivity contribution < 1.29 is 4.68 Å². The molecule has 0 saturated carbocycles. The Balaban J connectivity index is 2.30. The summed E-state index contributed by atoms with van der Waals surface area (Å²) < 4.78 is 1.98. The highest BCUT2D eigenvalue weighted by molar-refractivity contribution is 4.35. The highest BCUT2D eigenvalue weighted by atomic mass is 15.3. The fraction of sp³-hybridized carbons (Fsp3) is 0.667. The topological polar surface area (TPSA) is 32.6 Å². The molecule has 50 valence electrons. The summed E-state index contributed by atoms with van der Waals surface area (Å²) in [6.45, 7) is 3.23. The molecule has 1 heterocycles. The lowest BCUT2D eigenvalue weighted by molar-refractivity contribution is -0.751. The zero-order chi connectivity index (χ0) is 6.53. The molecule has 0 fully saturated rings. The van der Waals surface area contributed by atoms with E-state index in [2.05, 4.69) is 17.0 Å². The van der Waals surface area contributed by atoms with Gasteiger partial charge in [-0.3, -0.25) is 0 Å². The van der Waals surface area contributed by atoms with Crippen molar-refractivity contribution in [2.24, 2.45) is 0 Å². The van der Waals surface area contributed by atoms with Crippen molar-refractivity contribution in [2.45, 2.75) is 26.3 Å². The third-order valence-corrected chi connectivity index (χ3v) is 1.26. The van der Waals surface area contributed by atoms with E-state index in [0.29, 0.717) is 0 Å². The molecule has 0 aliphatic carbocycles. The van der Waals surface area contributed by atoms with Gasteiger partial charge in [0.1, 0.15) is 6.54 Å². The lowest BCUT2D eigenvalue weighted by Crippen LogP contribution is -2.34. The minimum Gasteiger partial charge on any atom is -0.194 e. The van der Waals surface area contributed by atoms with Gasteiger partial charge in [-0.05, 0) is 11.4 Å². The van der Waals surface area contributed by atoms with Gasteiger partial charge in [0, 0.05) is 0 Å². The summed E-state index contributed by atoms with van der Waals surface area (Å²) in [7, 11) is 0. The molecule has 0 aromatic carbocycles. The zero-order valence-electron chi connectivity index (χ0n) is 5.67. The molecule has 0 bridgehead atoms. The average Bonchev–Trinajstić information content (AvgIpc) is 2.34. The van der Waals surface area contributed by atoms with Gasteiger partial charge < -0.3 is 0 Å². The maximum Gasteiger partial charge on any atom is 0.306 e. The number of unbranched alkanes of at least 4 members (excludes halogenated alkanes) is 1. The van der Waals surface area contributed by atoms with Crippen LogP contribution in [0.4, 0.5) is 0 Å². The molecular formula is C6H12N3+. The van der Waals surface area contributed by atoms with E-state index in [9.17, 15) is 0 Å². The molecule has 0 saturated heterocycles. The van der Waals surface area contributed by atoms with E-state index >= 15 is 0 Å². The Labute approximate surface area is 54.7 Å². The Morgan fingerprint density at radius 3 is 3.11 bits per heavy atom.